The highest BCUT2D eigenvalue weighted by atomic mass is 79.9. The van der Waals surface area contributed by atoms with E-state index in [2.05, 4.69) is 33.1 Å². The van der Waals surface area contributed by atoms with Crippen LogP contribution in [0.15, 0.2) is 118 Å². The summed E-state index contributed by atoms with van der Waals surface area (Å²) >= 11 is 3.48. The Bertz CT molecular complexity index is 1390. The van der Waals surface area contributed by atoms with Crippen LogP contribution in [0.25, 0.3) is 17.2 Å². The number of aliphatic imine (C=N–C) groups is 1. The van der Waals surface area contributed by atoms with Gasteiger partial charge in [0.2, 0.25) is 5.90 Å². The van der Waals surface area contributed by atoms with E-state index in [1.165, 1.54) is 0 Å². The van der Waals surface area contributed by atoms with E-state index in [0.717, 1.165) is 32.3 Å². The number of para-hydroxylation sites is 1. The van der Waals surface area contributed by atoms with Gasteiger partial charge < -0.3 is 9.47 Å². The van der Waals surface area contributed by atoms with Crippen LogP contribution in [0.1, 0.15) is 16.7 Å². The summed E-state index contributed by atoms with van der Waals surface area (Å²) in [5, 5.41) is 0. The largest absolute Gasteiger partial charge is 0.488 e. The van der Waals surface area contributed by atoms with E-state index < -0.39 is 5.97 Å². The summed E-state index contributed by atoms with van der Waals surface area (Å²) in [5.41, 5.74) is 4.99. The third-order valence-corrected chi connectivity index (χ3v) is 5.85. The molecule has 4 aromatic carbocycles. The van der Waals surface area contributed by atoms with Crippen molar-refractivity contribution in [3.63, 3.8) is 0 Å². The molecule has 0 radical (unpaired) electrons. The van der Waals surface area contributed by atoms with Gasteiger partial charge in [-0.2, -0.15) is 0 Å². The van der Waals surface area contributed by atoms with Crippen LogP contribution < -0.4 is 4.74 Å². The highest BCUT2D eigenvalue weighted by Gasteiger charge is 2.24. The molecule has 0 amide bonds. The Morgan fingerprint density at radius 3 is 2.29 bits per heavy atom. The van der Waals surface area contributed by atoms with E-state index in [1.807, 2.05) is 91.0 Å². The molecular formula is C29H20BrNO3. The highest BCUT2D eigenvalue weighted by molar-refractivity contribution is 9.10. The van der Waals surface area contributed by atoms with Gasteiger partial charge in [0.15, 0.2) is 5.70 Å². The summed E-state index contributed by atoms with van der Waals surface area (Å²) in [5.74, 6) is 0.478. The number of carbonyl (C=O) groups excluding carboxylic acids is 1. The first-order valence-electron chi connectivity index (χ1n) is 10.8. The fourth-order valence-electron chi connectivity index (χ4n) is 3.63. The predicted molar refractivity (Wildman–Crippen MR) is 137 cm³/mol. The number of halogens is 1. The van der Waals surface area contributed by atoms with Gasteiger partial charge in [-0.05, 0) is 53.1 Å². The Labute approximate surface area is 206 Å². The third kappa shape index (κ3) is 5.00. The summed E-state index contributed by atoms with van der Waals surface area (Å²) < 4.78 is 12.5. The van der Waals surface area contributed by atoms with Crippen LogP contribution in [0, 0.1) is 0 Å². The Kier molecular flexibility index (Phi) is 6.36. The van der Waals surface area contributed by atoms with Crippen molar-refractivity contribution < 1.29 is 14.3 Å². The minimum atomic E-state index is -0.482. The van der Waals surface area contributed by atoms with Gasteiger partial charge in [-0.3, -0.25) is 0 Å². The minimum Gasteiger partial charge on any atom is -0.488 e. The van der Waals surface area contributed by atoms with E-state index in [9.17, 15) is 4.79 Å². The SMILES string of the molecule is O=C1OC(c2ccc(-c3ccccc3)cc2)=N/C1=C\c1ccccc1OCc1cccc(Br)c1. The summed E-state index contributed by atoms with van der Waals surface area (Å²) in [6.07, 6.45) is 1.70. The maximum absolute atomic E-state index is 12.5. The lowest BCUT2D eigenvalue weighted by molar-refractivity contribution is -0.129. The molecule has 0 N–H and O–H groups in total. The Hall–Kier alpha value is -3.96. The van der Waals surface area contributed by atoms with Crippen molar-refractivity contribution in [3.8, 4) is 16.9 Å². The van der Waals surface area contributed by atoms with Gasteiger partial charge in [0.05, 0.1) is 0 Å². The molecule has 1 aliphatic rings. The average molecular weight is 510 g/mol. The standard InChI is InChI=1S/C29H20BrNO3/c30-25-11-6-7-20(17-25)19-33-27-12-5-4-10-24(27)18-26-29(32)34-28(31-26)23-15-13-22(14-16-23)21-8-2-1-3-9-21/h1-18H,19H2/b26-18-. The summed E-state index contributed by atoms with van der Waals surface area (Å²) in [6, 6.07) is 33.4. The van der Waals surface area contributed by atoms with Crippen LogP contribution in [0.4, 0.5) is 0 Å². The van der Waals surface area contributed by atoms with E-state index in [0.29, 0.717) is 18.3 Å². The molecule has 0 aromatic heterocycles. The number of esters is 1. The van der Waals surface area contributed by atoms with Crippen LogP contribution in [0.5, 0.6) is 5.75 Å². The number of nitrogens with zero attached hydrogens (tertiary/aromatic N) is 1. The lowest BCUT2D eigenvalue weighted by Gasteiger charge is -2.09. The molecule has 0 spiro atoms. The number of cyclic esters (lactones) is 1. The zero-order valence-electron chi connectivity index (χ0n) is 18.1. The molecule has 0 atom stereocenters. The fraction of sp³-hybridized carbons (Fsp3) is 0.0345. The number of rotatable bonds is 6. The number of hydrogen-bond acceptors (Lipinski definition) is 4. The van der Waals surface area contributed by atoms with Gasteiger partial charge in [-0.1, -0.05) is 88.7 Å². The minimum absolute atomic E-state index is 0.237. The molecule has 0 fully saturated rings. The second-order valence-electron chi connectivity index (χ2n) is 7.74. The third-order valence-electron chi connectivity index (χ3n) is 5.35. The van der Waals surface area contributed by atoms with Crippen molar-refractivity contribution in [2.45, 2.75) is 6.61 Å². The highest BCUT2D eigenvalue weighted by Crippen LogP contribution is 2.27. The first kappa shape index (κ1) is 21.9. The molecule has 0 unspecified atom stereocenters. The lowest BCUT2D eigenvalue weighted by Crippen LogP contribution is -2.05. The number of ether oxygens (including phenoxy) is 2. The zero-order valence-corrected chi connectivity index (χ0v) is 19.7. The molecule has 4 nitrogen and oxygen atoms in total. The lowest BCUT2D eigenvalue weighted by atomic mass is 10.0. The predicted octanol–water partition coefficient (Wildman–Crippen LogP) is 7.04. The van der Waals surface area contributed by atoms with Crippen molar-refractivity contribution in [2.24, 2.45) is 4.99 Å². The first-order chi connectivity index (χ1) is 16.7. The zero-order chi connectivity index (χ0) is 23.3. The summed E-state index contributed by atoms with van der Waals surface area (Å²) in [7, 11) is 0. The van der Waals surface area contributed by atoms with Gasteiger partial charge in [0, 0.05) is 15.6 Å². The van der Waals surface area contributed by atoms with Gasteiger partial charge in [0.25, 0.3) is 0 Å². The topological polar surface area (TPSA) is 47.9 Å². The molecular weight excluding hydrogens is 490 g/mol. The molecule has 5 rings (SSSR count). The maximum atomic E-state index is 12.5. The summed E-state index contributed by atoms with van der Waals surface area (Å²) in [4.78, 5) is 17.0. The first-order valence-corrected chi connectivity index (χ1v) is 11.6. The second kappa shape index (κ2) is 9.89. The molecule has 0 bridgehead atoms. The average Bonchev–Trinajstić information content (AvgIpc) is 3.24. The van der Waals surface area contributed by atoms with Crippen LogP contribution in [-0.2, 0) is 16.1 Å². The van der Waals surface area contributed by atoms with Crippen molar-refractivity contribution in [3.05, 3.63) is 130 Å². The van der Waals surface area contributed by atoms with Crippen molar-refractivity contribution in [1.29, 1.82) is 0 Å². The van der Waals surface area contributed by atoms with Gasteiger partial charge in [-0.15, -0.1) is 0 Å². The monoisotopic (exact) mass is 509 g/mol. The Balaban J connectivity index is 1.36. The maximum Gasteiger partial charge on any atom is 0.363 e. The Morgan fingerprint density at radius 2 is 1.50 bits per heavy atom. The van der Waals surface area contributed by atoms with E-state index in [4.69, 9.17) is 9.47 Å². The molecule has 0 saturated carbocycles. The van der Waals surface area contributed by atoms with Crippen LogP contribution >= 0.6 is 15.9 Å². The van der Waals surface area contributed by atoms with Crippen molar-refractivity contribution in [2.75, 3.05) is 0 Å². The van der Waals surface area contributed by atoms with E-state index in [1.54, 1.807) is 6.08 Å². The molecule has 166 valence electrons. The summed E-state index contributed by atoms with van der Waals surface area (Å²) in [6.45, 7) is 0.409. The van der Waals surface area contributed by atoms with Crippen LogP contribution in [-0.4, -0.2) is 11.9 Å². The van der Waals surface area contributed by atoms with Crippen molar-refractivity contribution >= 4 is 33.9 Å². The number of hydrogen-bond donors (Lipinski definition) is 0. The number of benzene rings is 4. The molecule has 0 aliphatic carbocycles. The fourth-order valence-corrected chi connectivity index (χ4v) is 4.08. The normalized spacial score (nSPS) is 14.1. The van der Waals surface area contributed by atoms with Crippen LogP contribution in [0.3, 0.4) is 0 Å². The molecule has 5 heteroatoms. The quantitative estimate of drug-likeness (QED) is 0.207. The van der Waals surface area contributed by atoms with Gasteiger partial charge in [-0.25, -0.2) is 9.79 Å². The van der Waals surface area contributed by atoms with E-state index in [-0.39, 0.29) is 5.70 Å². The van der Waals surface area contributed by atoms with Gasteiger partial charge >= 0.3 is 5.97 Å². The molecule has 1 aliphatic heterocycles. The van der Waals surface area contributed by atoms with Crippen LogP contribution in [0.2, 0.25) is 0 Å². The molecule has 34 heavy (non-hydrogen) atoms. The van der Waals surface area contributed by atoms with E-state index >= 15 is 0 Å². The van der Waals surface area contributed by atoms with Crippen molar-refractivity contribution in [1.82, 2.24) is 0 Å². The molecule has 4 aromatic rings. The Morgan fingerprint density at radius 1 is 0.794 bits per heavy atom. The number of carbonyl (C=O) groups is 1. The second-order valence-corrected chi connectivity index (χ2v) is 8.65. The molecule has 1 heterocycles. The smallest absolute Gasteiger partial charge is 0.363 e. The van der Waals surface area contributed by atoms with Gasteiger partial charge in [0.1, 0.15) is 12.4 Å². The molecule has 0 saturated heterocycles.